The zero-order valence-corrected chi connectivity index (χ0v) is 15.6. The predicted molar refractivity (Wildman–Crippen MR) is 97.4 cm³/mol. The van der Waals surface area contributed by atoms with Crippen molar-refractivity contribution in [1.29, 1.82) is 0 Å². The van der Waals surface area contributed by atoms with Gasteiger partial charge in [0.1, 0.15) is 5.75 Å². The van der Waals surface area contributed by atoms with Gasteiger partial charge in [-0.3, -0.25) is 4.79 Å². The van der Waals surface area contributed by atoms with Crippen LogP contribution in [0.5, 0.6) is 5.75 Å². The molecule has 1 aliphatic carbocycles. The maximum Gasteiger partial charge on any atom is 0.285 e. The van der Waals surface area contributed by atoms with Crippen molar-refractivity contribution in [3.05, 3.63) is 23.3 Å². The molecule has 1 N–H and O–H groups in total. The zero-order valence-electron chi connectivity index (χ0n) is 15.6. The predicted octanol–water partition coefficient (Wildman–Crippen LogP) is 3.80. The van der Waals surface area contributed by atoms with E-state index in [9.17, 15) is 4.79 Å². The first kappa shape index (κ1) is 17.3. The molecule has 2 fully saturated rings. The van der Waals surface area contributed by atoms with Gasteiger partial charge >= 0.3 is 0 Å². The molecule has 0 aromatic heterocycles. The van der Waals surface area contributed by atoms with Gasteiger partial charge in [0.15, 0.2) is 5.54 Å². The van der Waals surface area contributed by atoms with Crippen LogP contribution >= 0.6 is 0 Å². The molecule has 4 heteroatoms. The highest BCUT2D eigenvalue weighted by molar-refractivity contribution is 6.00. The summed E-state index contributed by atoms with van der Waals surface area (Å²) in [6.07, 6.45) is 5.88. The van der Waals surface area contributed by atoms with E-state index in [1.165, 1.54) is 19.3 Å². The van der Waals surface area contributed by atoms with Crippen molar-refractivity contribution in [3.8, 4) is 5.75 Å². The number of piperidine rings is 1. The Morgan fingerprint density at radius 3 is 2.21 bits per heavy atom. The molecule has 0 unspecified atom stereocenters. The molecule has 0 radical (unpaired) electrons. The van der Waals surface area contributed by atoms with Gasteiger partial charge in [-0.05, 0) is 63.3 Å². The van der Waals surface area contributed by atoms with E-state index in [2.05, 4.69) is 12.2 Å². The van der Waals surface area contributed by atoms with E-state index in [0.29, 0.717) is 0 Å². The number of benzene rings is 1. The fourth-order valence-corrected chi connectivity index (χ4v) is 4.67. The van der Waals surface area contributed by atoms with Crippen molar-refractivity contribution in [2.75, 3.05) is 32.1 Å². The summed E-state index contributed by atoms with van der Waals surface area (Å²) < 4.78 is 6.32. The van der Waals surface area contributed by atoms with Gasteiger partial charge in [0.05, 0.1) is 26.7 Å². The van der Waals surface area contributed by atoms with E-state index in [1.54, 1.807) is 7.11 Å². The Bertz CT molecular complexity index is 606. The van der Waals surface area contributed by atoms with Crippen molar-refractivity contribution in [2.24, 2.45) is 0 Å². The van der Waals surface area contributed by atoms with E-state index in [1.807, 2.05) is 26.0 Å². The molecule has 1 aliphatic heterocycles. The molecule has 1 aromatic rings. The fourth-order valence-electron chi connectivity index (χ4n) is 4.67. The number of quaternary nitrogens is 1. The smallest absolute Gasteiger partial charge is 0.285 e. The second kappa shape index (κ2) is 6.40. The minimum atomic E-state index is -0.187. The van der Waals surface area contributed by atoms with E-state index < -0.39 is 0 Å². The molecule has 0 atom stereocenters. The molecule has 1 amide bonds. The van der Waals surface area contributed by atoms with Crippen LogP contribution in [-0.4, -0.2) is 42.7 Å². The number of aryl methyl sites for hydroxylation is 2. The van der Waals surface area contributed by atoms with Crippen LogP contribution in [-0.2, 0) is 4.79 Å². The lowest BCUT2D eigenvalue weighted by Crippen LogP contribution is -2.64. The maximum absolute atomic E-state index is 13.3. The summed E-state index contributed by atoms with van der Waals surface area (Å²) in [7, 11) is 1.68. The molecule has 0 bridgehead atoms. The molecule has 132 valence electrons. The highest BCUT2D eigenvalue weighted by Crippen LogP contribution is 2.49. The van der Waals surface area contributed by atoms with Crippen LogP contribution in [0.25, 0.3) is 0 Å². The number of amides is 1. The summed E-state index contributed by atoms with van der Waals surface area (Å²) in [4.78, 5) is 13.3. The third kappa shape index (κ3) is 2.71. The molecule has 1 heterocycles. The summed E-state index contributed by atoms with van der Waals surface area (Å²) in [5, 5.41) is 3.28. The standard InChI is InChI=1S/C20H30N2O2/c1-5-22(11-7-6-8-12-22)20(9-10-20)19(23)21-18-15(2)13-17(24-4)14-16(18)3/h13-14H,5-12H2,1-4H3/p+1. The number of anilines is 1. The van der Waals surface area contributed by atoms with Crippen LogP contribution in [0.3, 0.4) is 0 Å². The molecule has 1 saturated heterocycles. The molecular weight excluding hydrogens is 300 g/mol. The lowest BCUT2D eigenvalue weighted by Gasteiger charge is -2.46. The topological polar surface area (TPSA) is 38.3 Å². The summed E-state index contributed by atoms with van der Waals surface area (Å²) in [5.74, 6) is 1.07. The SMILES string of the molecule is CC[N+]1(C2(C(=O)Nc3c(C)cc(OC)cc3C)CC2)CCCCC1. The lowest BCUT2D eigenvalue weighted by molar-refractivity contribution is -0.955. The van der Waals surface area contributed by atoms with E-state index in [4.69, 9.17) is 4.74 Å². The number of nitrogens with one attached hydrogen (secondary N) is 1. The Morgan fingerprint density at radius 1 is 1.17 bits per heavy atom. The number of hydrogen-bond donors (Lipinski definition) is 1. The maximum atomic E-state index is 13.3. The Kier molecular flexibility index (Phi) is 4.60. The molecule has 1 aromatic carbocycles. The first-order valence-electron chi connectivity index (χ1n) is 9.31. The van der Waals surface area contributed by atoms with Gasteiger partial charge in [-0.2, -0.15) is 0 Å². The number of carbonyl (C=O) groups excluding carboxylic acids is 1. The zero-order chi connectivity index (χ0) is 17.4. The van der Waals surface area contributed by atoms with E-state index in [0.717, 1.165) is 59.5 Å². The Labute approximate surface area is 145 Å². The number of carbonyl (C=O) groups is 1. The lowest BCUT2D eigenvalue weighted by atomic mass is 10.00. The molecule has 2 aliphatic rings. The van der Waals surface area contributed by atoms with E-state index in [-0.39, 0.29) is 11.4 Å². The number of likely N-dealkylation sites (tertiary alicyclic amines) is 1. The third-order valence-electron chi connectivity index (χ3n) is 6.31. The Hall–Kier alpha value is -1.55. The quantitative estimate of drug-likeness (QED) is 0.833. The van der Waals surface area contributed by atoms with Crippen LogP contribution in [0.1, 0.15) is 50.2 Å². The molecular formula is C20H31N2O2+. The van der Waals surface area contributed by atoms with Crippen molar-refractivity contribution < 1.29 is 14.0 Å². The van der Waals surface area contributed by atoms with Crippen molar-refractivity contribution in [2.45, 2.75) is 58.4 Å². The number of rotatable bonds is 5. The van der Waals surface area contributed by atoms with Crippen molar-refractivity contribution in [3.63, 3.8) is 0 Å². The van der Waals surface area contributed by atoms with Gasteiger partial charge < -0.3 is 14.5 Å². The van der Waals surface area contributed by atoms with Gasteiger partial charge in [-0.15, -0.1) is 0 Å². The van der Waals surface area contributed by atoms with Gasteiger partial charge in [0.25, 0.3) is 5.91 Å². The molecule has 1 saturated carbocycles. The first-order chi connectivity index (χ1) is 11.5. The van der Waals surface area contributed by atoms with Crippen molar-refractivity contribution >= 4 is 11.6 Å². The van der Waals surface area contributed by atoms with Gasteiger partial charge in [-0.1, -0.05) is 0 Å². The minimum absolute atomic E-state index is 0.187. The van der Waals surface area contributed by atoms with Gasteiger partial charge in [0, 0.05) is 18.5 Å². The van der Waals surface area contributed by atoms with Gasteiger partial charge in [-0.25, -0.2) is 0 Å². The summed E-state index contributed by atoms with van der Waals surface area (Å²) in [6.45, 7) is 9.71. The normalized spacial score (nSPS) is 21.2. The Balaban J connectivity index is 1.85. The molecule has 0 spiro atoms. The molecule has 24 heavy (non-hydrogen) atoms. The monoisotopic (exact) mass is 331 g/mol. The second-order valence-corrected chi connectivity index (χ2v) is 7.59. The highest BCUT2D eigenvalue weighted by atomic mass is 16.5. The molecule has 4 nitrogen and oxygen atoms in total. The summed E-state index contributed by atoms with van der Waals surface area (Å²) in [6, 6.07) is 3.99. The number of methoxy groups -OCH3 is 1. The number of hydrogen-bond acceptors (Lipinski definition) is 2. The third-order valence-corrected chi connectivity index (χ3v) is 6.31. The number of nitrogens with zero attached hydrogens (tertiary/aromatic N) is 1. The minimum Gasteiger partial charge on any atom is -0.497 e. The first-order valence-corrected chi connectivity index (χ1v) is 9.31. The summed E-state index contributed by atoms with van der Waals surface area (Å²) >= 11 is 0. The highest BCUT2D eigenvalue weighted by Gasteiger charge is 2.65. The largest absolute Gasteiger partial charge is 0.497 e. The van der Waals surface area contributed by atoms with E-state index >= 15 is 0 Å². The van der Waals surface area contributed by atoms with Crippen LogP contribution in [0, 0.1) is 13.8 Å². The average Bonchev–Trinajstić information content (AvgIpc) is 3.40. The van der Waals surface area contributed by atoms with Crippen LogP contribution in [0.2, 0.25) is 0 Å². The van der Waals surface area contributed by atoms with Crippen LogP contribution < -0.4 is 10.1 Å². The van der Waals surface area contributed by atoms with Crippen LogP contribution in [0.4, 0.5) is 5.69 Å². The number of likely N-dealkylation sites (N-methyl/N-ethyl adjacent to an activating group) is 1. The Morgan fingerprint density at radius 2 is 1.75 bits per heavy atom. The summed E-state index contributed by atoms with van der Waals surface area (Å²) in [5.41, 5.74) is 2.90. The van der Waals surface area contributed by atoms with Crippen LogP contribution in [0.15, 0.2) is 12.1 Å². The van der Waals surface area contributed by atoms with Crippen molar-refractivity contribution in [1.82, 2.24) is 0 Å². The second-order valence-electron chi connectivity index (χ2n) is 7.59. The van der Waals surface area contributed by atoms with Gasteiger partial charge in [0.2, 0.25) is 0 Å². The average molecular weight is 331 g/mol. The molecule has 3 rings (SSSR count). The number of ether oxygens (including phenoxy) is 1. The fraction of sp³-hybridized carbons (Fsp3) is 0.650.